The lowest BCUT2D eigenvalue weighted by molar-refractivity contribution is 0.170. The van der Waals surface area contributed by atoms with Crippen molar-refractivity contribution in [3.8, 4) is 0 Å². The summed E-state index contributed by atoms with van der Waals surface area (Å²) in [6.45, 7) is 2.22. The fourth-order valence-electron chi connectivity index (χ4n) is 4.24. The summed E-state index contributed by atoms with van der Waals surface area (Å²) in [4.78, 5) is 27.7. The van der Waals surface area contributed by atoms with Gasteiger partial charge in [-0.3, -0.25) is 14.3 Å². The van der Waals surface area contributed by atoms with Crippen LogP contribution < -0.4 is 16.6 Å². The molecule has 2 heterocycles. The highest BCUT2D eigenvalue weighted by molar-refractivity contribution is 5.51. The van der Waals surface area contributed by atoms with E-state index < -0.39 is 0 Å². The summed E-state index contributed by atoms with van der Waals surface area (Å²) in [5.74, 6) is 1.17. The Kier molecular flexibility index (Phi) is 3.59. The fourth-order valence-corrected chi connectivity index (χ4v) is 4.24. The van der Waals surface area contributed by atoms with Gasteiger partial charge >= 0.3 is 5.69 Å². The van der Waals surface area contributed by atoms with Crippen molar-refractivity contribution in [1.82, 2.24) is 9.55 Å². The van der Waals surface area contributed by atoms with Gasteiger partial charge in [-0.05, 0) is 44.1 Å². The summed E-state index contributed by atoms with van der Waals surface area (Å²) < 4.78 is 1.28. The Balaban J connectivity index is 1.84. The third-order valence-electron chi connectivity index (χ3n) is 5.81. The van der Waals surface area contributed by atoms with Crippen molar-refractivity contribution in [2.24, 2.45) is 5.92 Å². The van der Waals surface area contributed by atoms with E-state index in [0.717, 1.165) is 6.42 Å². The van der Waals surface area contributed by atoms with Gasteiger partial charge in [-0.1, -0.05) is 36.8 Å². The standard InChI is InChI=1S/C19H23N3O2/c1-2-22-17(23)15-11-12-19(14-9-6-10-14,13-7-4-3-5-8-13)21-16(15)20-18(22)24/h3-5,7-8,14,21H,2,6,9-12H2,1H3,(H,20,24)/t19-/m0/s1. The first-order valence-corrected chi connectivity index (χ1v) is 8.85. The van der Waals surface area contributed by atoms with Crippen molar-refractivity contribution in [1.29, 1.82) is 0 Å². The predicted molar refractivity (Wildman–Crippen MR) is 94.4 cm³/mol. The SMILES string of the molecule is CCn1c(=O)[nH]c2c(c1=O)CC[C@](c1ccccc1)(C1CCC1)N2. The van der Waals surface area contributed by atoms with E-state index >= 15 is 0 Å². The van der Waals surface area contributed by atoms with Gasteiger partial charge in [-0.15, -0.1) is 0 Å². The molecule has 126 valence electrons. The van der Waals surface area contributed by atoms with Crippen LogP contribution in [-0.2, 0) is 18.5 Å². The molecule has 0 spiro atoms. The zero-order chi connectivity index (χ0) is 16.7. The van der Waals surface area contributed by atoms with Gasteiger partial charge in [0.25, 0.3) is 5.56 Å². The highest BCUT2D eigenvalue weighted by atomic mass is 16.2. The molecule has 1 aromatic heterocycles. The Labute approximate surface area is 140 Å². The molecular formula is C19H23N3O2. The van der Waals surface area contributed by atoms with E-state index in [2.05, 4.69) is 34.6 Å². The Morgan fingerprint density at radius 2 is 1.96 bits per heavy atom. The maximum Gasteiger partial charge on any atom is 0.329 e. The number of benzene rings is 1. The normalized spacial score (nSPS) is 23.2. The van der Waals surface area contributed by atoms with E-state index in [1.807, 2.05) is 13.0 Å². The van der Waals surface area contributed by atoms with Crippen LogP contribution in [-0.4, -0.2) is 9.55 Å². The van der Waals surface area contributed by atoms with Crippen molar-refractivity contribution >= 4 is 5.82 Å². The van der Waals surface area contributed by atoms with Crippen LogP contribution in [0.1, 0.15) is 43.7 Å². The number of nitrogens with zero attached hydrogens (tertiary/aromatic N) is 1. The molecule has 1 aromatic carbocycles. The van der Waals surface area contributed by atoms with E-state index in [1.165, 1.54) is 29.4 Å². The lowest BCUT2D eigenvalue weighted by atomic mass is 9.64. The van der Waals surface area contributed by atoms with Crippen LogP contribution in [0.2, 0.25) is 0 Å². The van der Waals surface area contributed by atoms with Gasteiger partial charge in [0.15, 0.2) is 0 Å². The average Bonchev–Trinajstić information content (AvgIpc) is 2.54. The molecule has 2 aliphatic rings. The molecule has 1 atom stereocenters. The van der Waals surface area contributed by atoms with E-state index in [9.17, 15) is 9.59 Å². The predicted octanol–water partition coefficient (Wildman–Crippen LogP) is 2.61. The number of anilines is 1. The first-order chi connectivity index (χ1) is 11.7. The molecule has 1 aliphatic carbocycles. The molecule has 0 amide bonds. The third kappa shape index (κ3) is 2.14. The van der Waals surface area contributed by atoms with Crippen molar-refractivity contribution in [2.75, 3.05) is 5.32 Å². The quantitative estimate of drug-likeness (QED) is 0.911. The zero-order valence-corrected chi connectivity index (χ0v) is 14.0. The summed E-state index contributed by atoms with van der Waals surface area (Å²) in [6, 6.07) is 10.5. The molecule has 4 rings (SSSR count). The maximum atomic E-state index is 12.6. The first kappa shape index (κ1) is 15.2. The van der Waals surface area contributed by atoms with Gasteiger partial charge in [0.2, 0.25) is 0 Å². The largest absolute Gasteiger partial charge is 0.361 e. The molecule has 0 radical (unpaired) electrons. The molecule has 0 saturated heterocycles. The molecule has 0 bridgehead atoms. The summed E-state index contributed by atoms with van der Waals surface area (Å²) in [7, 11) is 0. The van der Waals surface area contributed by atoms with Crippen LogP contribution in [0, 0.1) is 5.92 Å². The fraction of sp³-hybridized carbons (Fsp3) is 0.474. The number of fused-ring (bicyclic) bond motifs is 1. The lowest BCUT2D eigenvalue weighted by Gasteiger charge is -2.49. The molecule has 5 nitrogen and oxygen atoms in total. The van der Waals surface area contributed by atoms with E-state index in [1.54, 1.807) is 0 Å². The smallest absolute Gasteiger partial charge is 0.329 e. The minimum Gasteiger partial charge on any atom is -0.361 e. The molecule has 1 aliphatic heterocycles. The van der Waals surface area contributed by atoms with Crippen LogP contribution in [0.15, 0.2) is 39.9 Å². The van der Waals surface area contributed by atoms with Gasteiger partial charge in [0.05, 0.1) is 11.1 Å². The van der Waals surface area contributed by atoms with Crippen molar-refractivity contribution in [3.05, 3.63) is 62.3 Å². The summed E-state index contributed by atoms with van der Waals surface area (Å²) in [5.41, 5.74) is 1.30. The number of hydrogen-bond acceptors (Lipinski definition) is 3. The van der Waals surface area contributed by atoms with E-state index in [-0.39, 0.29) is 16.8 Å². The van der Waals surface area contributed by atoms with Crippen LogP contribution in [0.25, 0.3) is 0 Å². The van der Waals surface area contributed by atoms with E-state index in [4.69, 9.17) is 0 Å². The van der Waals surface area contributed by atoms with Gasteiger partial charge in [-0.2, -0.15) is 0 Å². The molecule has 24 heavy (non-hydrogen) atoms. The van der Waals surface area contributed by atoms with Crippen molar-refractivity contribution < 1.29 is 0 Å². The topological polar surface area (TPSA) is 66.9 Å². The maximum absolute atomic E-state index is 12.6. The van der Waals surface area contributed by atoms with Gasteiger partial charge in [0, 0.05) is 6.54 Å². The lowest BCUT2D eigenvalue weighted by Crippen LogP contribution is -2.51. The third-order valence-corrected chi connectivity index (χ3v) is 5.81. The van der Waals surface area contributed by atoms with Crippen LogP contribution >= 0.6 is 0 Å². The minimum atomic E-state index is -0.328. The van der Waals surface area contributed by atoms with Crippen LogP contribution in [0.4, 0.5) is 5.82 Å². The number of nitrogens with one attached hydrogen (secondary N) is 2. The molecule has 0 unspecified atom stereocenters. The van der Waals surface area contributed by atoms with Crippen LogP contribution in [0.5, 0.6) is 0 Å². The highest BCUT2D eigenvalue weighted by Gasteiger charge is 2.45. The van der Waals surface area contributed by atoms with Gasteiger partial charge in [0.1, 0.15) is 5.82 Å². The second-order valence-corrected chi connectivity index (χ2v) is 6.92. The van der Waals surface area contributed by atoms with Gasteiger partial charge in [-0.25, -0.2) is 4.79 Å². The average molecular weight is 325 g/mol. The number of aromatic nitrogens is 2. The molecule has 1 saturated carbocycles. The Hall–Kier alpha value is -2.30. The van der Waals surface area contributed by atoms with Gasteiger partial charge < -0.3 is 5.32 Å². The molecule has 2 aromatic rings. The molecule has 1 fully saturated rings. The number of aromatic amines is 1. The monoisotopic (exact) mass is 325 g/mol. The summed E-state index contributed by atoms with van der Waals surface area (Å²) in [5, 5.41) is 3.59. The molecular weight excluding hydrogens is 302 g/mol. The summed E-state index contributed by atoms with van der Waals surface area (Å²) >= 11 is 0. The van der Waals surface area contributed by atoms with Crippen LogP contribution in [0.3, 0.4) is 0 Å². The Morgan fingerprint density at radius 1 is 1.21 bits per heavy atom. The summed E-state index contributed by atoms with van der Waals surface area (Å²) in [6.07, 6.45) is 5.21. The number of hydrogen-bond donors (Lipinski definition) is 2. The Bertz CT molecular complexity index is 864. The second kappa shape index (κ2) is 5.65. The molecule has 5 heteroatoms. The minimum absolute atomic E-state index is 0.154. The zero-order valence-electron chi connectivity index (χ0n) is 14.0. The highest BCUT2D eigenvalue weighted by Crippen LogP contribution is 2.48. The number of H-pyrrole nitrogens is 1. The van der Waals surface area contributed by atoms with E-state index in [0.29, 0.717) is 30.3 Å². The van der Waals surface area contributed by atoms with Crippen molar-refractivity contribution in [2.45, 2.75) is 51.1 Å². The second-order valence-electron chi connectivity index (χ2n) is 6.92. The van der Waals surface area contributed by atoms with Crippen molar-refractivity contribution in [3.63, 3.8) is 0 Å². The first-order valence-electron chi connectivity index (χ1n) is 8.85. The molecule has 2 N–H and O–H groups in total. The Morgan fingerprint density at radius 3 is 2.58 bits per heavy atom. The number of rotatable bonds is 3.